The van der Waals surface area contributed by atoms with Crippen LogP contribution < -0.4 is 0 Å². The molecule has 170 valence electrons. The fourth-order valence-corrected chi connectivity index (χ4v) is 4.85. The Balaban J connectivity index is 1.39. The summed E-state index contributed by atoms with van der Waals surface area (Å²) in [5, 5.41) is 1.58. The van der Waals surface area contributed by atoms with Gasteiger partial charge in [-0.05, 0) is 90.3 Å². The first-order chi connectivity index (χ1) is 16.0. The lowest BCUT2D eigenvalue weighted by molar-refractivity contribution is 0.254. The maximum Gasteiger partial charge on any atom is 0.142 e. The van der Waals surface area contributed by atoms with Gasteiger partial charge in [-0.3, -0.25) is 0 Å². The first-order valence-electron chi connectivity index (χ1n) is 11.8. The Morgan fingerprint density at radius 2 is 1.42 bits per heavy atom. The van der Waals surface area contributed by atoms with Gasteiger partial charge in [-0.1, -0.05) is 55.7 Å². The number of benzene rings is 3. The molecule has 4 rings (SSSR count). The molecule has 0 aromatic heterocycles. The minimum atomic E-state index is -0.617. The molecule has 0 N–H and O–H groups in total. The van der Waals surface area contributed by atoms with Crippen molar-refractivity contribution in [2.75, 3.05) is 0 Å². The van der Waals surface area contributed by atoms with E-state index in [-0.39, 0.29) is 11.4 Å². The van der Waals surface area contributed by atoms with E-state index < -0.39 is 11.6 Å². The number of aryl methyl sites for hydroxylation is 1. The maximum absolute atomic E-state index is 14.7. The molecular formula is C30H29F3. The summed E-state index contributed by atoms with van der Waals surface area (Å²) in [5.41, 5.74) is 1.11. The number of hydrogen-bond acceptors (Lipinski definition) is 0. The first-order valence-corrected chi connectivity index (χ1v) is 11.8. The summed E-state index contributed by atoms with van der Waals surface area (Å²) >= 11 is 0. The maximum atomic E-state index is 14.7. The fraction of sp³-hybridized carbons (Fsp3) is 0.333. The normalized spacial score (nSPS) is 18.0. The standard InChI is InChI=1S/C30H29F3/c1-2-3-4-21-5-7-22(8-6-21)9-10-24-18-29(32)28(30(33)19-24)16-12-23-11-13-26-20-27(31)15-14-25(26)17-23/h2,11,13-15,17-22H,1,3-10H2. The van der Waals surface area contributed by atoms with Gasteiger partial charge in [-0.15, -0.1) is 6.58 Å². The molecule has 0 amide bonds. The molecule has 0 bridgehead atoms. The van der Waals surface area contributed by atoms with E-state index in [1.165, 1.54) is 56.4 Å². The highest BCUT2D eigenvalue weighted by atomic mass is 19.1. The minimum Gasteiger partial charge on any atom is -0.207 e. The van der Waals surface area contributed by atoms with E-state index in [1.54, 1.807) is 24.3 Å². The predicted molar refractivity (Wildman–Crippen MR) is 129 cm³/mol. The molecule has 33 heavy (non-hydrogen) atoms. The number of hydrogen-bond donors (Lipinski definition) is 0. The van der Waals surface area contributed by atoms with Gasteiger partial charge in [0.25, 0.3) is 0 Å². The van der Waals surface area contributed by atoms with Crippen molar-refractivity contribution in [2.45, 2.75) is 51.4 Å². The van der Waals surface area contributed by atoms with E-state index in [0.717, 1.165) is 29.5 Å². The van der Waals surface area contributed by atoms with Crippen LogP contribution in [0.4, 0.5) is 13.2 Å². The molecule has 0 saturated heterocycles. The van der Waals surface area contributed by atoms with Crippen molar-refractivity contribution >= 4 is 10.8 Å². The fourth-order valence-electron chi connectivity index (χ4n) is 4.85. The molecule has 0 nitrogen and oxygen atoms in total. The van der Waals surface area contributed by atoms with Gasteiger partial charge in [0.15, 0.2) is 0 Å². The van der Waals surface area contributed by atoms with Crippen LogP contribution in [0.2, 0.25) is 0 Å². The Bertz CT molecular complexity index is 1170. The van der Waals surface area contributed by atoms with E-state index in [0.29, 0.717) is 23.5 Å². The second-order valence-corrected chi connectivity index (χ2v) is 9.18. The lowest BCUT2D eigenvalue weighted by Crippen LogP contribution is -2.15. The van der Waals surface area contributed by atoms with Gasteiger partial charge in [0, 0.05) is 5.56 Å². The van der Waals surface area contributed by atoms with Crippen LogP contribution >= 0.6 is 0 Å². The lowest BCUT2D eigenvalue weighted by Gasteiger charge is -2.28. The van der Waals surface area contributed by atoms with Crippen LogP contribution in [0, 0.1) is 41.1 Å². The largest absolute Gasteiger partial charge is 0.207 e. The van der Waals surface area contributed by atoms with Gasteiger partial charge in [-0.2, -0.15) is 0 Å². The summed E-state index contributed by atoms with van der Waals surface area (Å²) < 4.78 is 42.6. The Hall–Kier alpha value is -2.99. The molecule has 3 aromatic rings. The monoisotopic (exact) mass is 446 g/mol. The molecule has 1 fully saturated rings. The third-order valence-electron chi connectivity index (χ3n) is 6.82. The van der Waals surface area contributed by atoms with Crippen molar-refractivity contribution in [3.63, 3.8) is 0 Å². The van der Waals surface area contributed by atoms with Crippen LogP contribution in [-0.2, 0) is 6.42 Å². The zero-order chi connectivity index (χ0) is 23.2. The zero-order valence-electron chi connectivity index (χ0n) is 18.8. The summed E-state index contributed by atoms with van der Waals surface area (Å²) in [7, 11) is 0. The van der Waals surface area contributed by atoms with Gasteiger partial charge in [-0.25, -0.2) is 13.2 Å². The van der Waals surface area contributed by atoms with Gasteiger partial charge in [0.05, 0.1) is 5.56 Å². The van der Waals surface area contributed by atoms with Gasteiger partial charge in [0.1, 0.15) is 17.5 Å². The number of fused-ring (bicyclic) bond motifs is 1. The summed E-state index contributed by atoms with van der Waals surface area (Å²) in [6, 6.07) is 12.6. The Morgan fingerprint density at radius 1 is 0.788 bits per heavy atom. The average Bonchev–Trinajstić information content (AvgIpc) is 2.81. The Kier molecular flexibility index (Phi) is 7.55. The highest BCUT2D eigenvalue weighted by molar-refractivity contribution is 5.84. The van der Waals surface area contributed by atoms with Crippen LogP contribution in [0.1, 0.15) is 61.6 Å². The van der Waals surface area contributed by atoms with Gasteiger partial charge < -0.3 is 0 Å². The quantitative estimate of drug-likeness (QED) is 0.264. The molecule has 0 unspecified atom stereocenters. The molecule has 1 aliphatic carbocycles. The Labute approximate surface area is 194 Å². The summed E-state index contributed by atoms with van der Waals surface area (Å²) in [5.74, 6) is 5.39. The van der Waals surface area contributed by atoms with Crippen molar-refractivity contribution < 1.29 is 13.2 Å². The number of allylic oxidation sites excluding steroid dienone is 1. The molecule has 3 heteroatoms. The van der Waals surface area contributed by atoms with E-state index in [9.17, 15) is 13.2 Å². The van der Waals surface area contributed by atoms with Crippen LogP contribution in [0.15, 0.2) is 61.2 Å². The van der Waals surface area contributed by atoms with Crippen molar-refractivity contribution in [1.82, 2.24) is 0 Å². The Morgan fingerprint density at radius 3 is 2.12 bits per heavy atom. The third kappa shape index (κ3) is 6.08. The van der Waals surface area contributed by atoms with Gasteiger partial charge >= 0.3 is 0 Å². The highest BCUT2D eigenvalue weighted by Crippen LogP contribution is 2.34. The van der Waals surface area contributed by atoms with Crippen molar-refractivity contribution in [3.8, 4) is 11.8 Å². The summed E-state index contributed by atoms with van der Waals surface area (Å²) in [4.78, 5) is 0. The SMILES string of the molecule is C=CCCC1CCC(CCc2cc(F)c(C#Cc3ccc4cc(F)ccc4c3)c(F)c2)CC1. The smallest absolute Gasteiger partial charge is 0.142 e. The second-order valence-electron chi connectivity index (χ2n) is 9.18. The molecule has 0 spiro atoms. The van der Waals surface area contributed by atoms with Crippen LogP contribution in [0.25, 0.3) is 10.8 Å². The molecule has 1 saturated carbocycles. The van der Waals surface area contributed by atoms with E-state index in [2.05, 4.69) is 18.4 Å². The summed E-state index contributed by atoms with van der Waals surface area (Å²) in [6.45, 7) is 3.80. The van der Waals surface area contributed by atoms with Crippen LogP contribution in [0.3, 0.4) is 0 Å². The van der Waals surface area contributed by atoms with Crippen molar-refractivity contribution in [3.05, 3.63) is 95.3 Å². The highest BCUT2D eigenvalue weighted by Gasteiger charge is 2.21. The first kappa shape index (κ1) is 23.2. The molecule has 0 radical (unpaired) electrons. The summed E-state index contributed by atoms with van der Waals surface area (Å²) in [6.07, 6.45) is 10.9. The van der Waals surface area contributed by atoms with Crippen molar-refractivity contribution in [2.24, 2.45) is 11.8 Å². The second kappa shape index (κ2) is 10.8. The van der Waals surface area contributed by atoms with E-state index in [4.69, 9.17) is 0 Å². The van der Waals surface area contributed by atoms with Gasteiger partial charge in [0.2, 0.25) is 0 Å². The van der Waals surface area contributed by atoms with E-state index in [1.807, 2.05) is 6.08 Å². The minimum absolute atomic E-state index is 0.208. The topological polar surface area (TPSA) is 0 Å². The molecule has 0 aliphatic heterocycles. The third-order valence-corrected chi connectivity index (χ3v) is 6.82. The van der Waals surface area contributed by atoms with Crippen LogP contribution in [0.5, 0.6) is 0 Å². The molecule has 1 aliphatic rings. The molecule has 0 atom stereocenters. The molecular weight excluding hydrogens is 417 g/mol. The molecule has 3 aromatic carbocycles. The predicted octanol–water partition coefficient (Wildman–Crippen LogP) is 8.36. The zero-order valence-corrected chi connectivity index (χ0v) is 18.8. The lowest BCUT2D eigenvalue weighted by atomic mass is 9.78. The van der Waals surface area contributed by atoms with Crippen LogP contribution in [-0.4, -0.2) is 0 Å². The van der Waals surface area contributed by atoms with Crippen molar-refractivity contribution in [1.29, 1.82) is 0 Å². The average molecular weight is 447 g/mol. The number of halogens is 3. The molecule has 0 heterocycles. The number of rotatable bonds is 6. The van der Waals surface area contributed by atoms with E-state index >= 15 is 0 Å².